The van der Waals surface area contributed by atoms with E-state index in [-0.39, 0.29) is 11.9 Å². The molecule has 0 radical (unpaired) electrons. The molecule has 3 aromatic rings. The number of carbonyl (C=O) groups is 1. The van der Waals surface area contributed by atoms with Crippen LogP contribution < -0.4 is 15.5 Å². The molecule has 1 aliphatic rings. The lowest BCUT2D eigenvalue weighted by atomic mass is 9.98. The van der Waals surface area contributed by atoms with Crippen molar-refractivity contribution in [2.75, 3.05) is 17.9 Å². The minimum absolute atomic E-state index is 0.113. The average Bonchev–Trinajstić information content (AvgIpc) is 3.02. The summed E-state index contributed by atoms with van der Waals surface area (Å²) in [6.07, 6.45) is 0. The first-order valence-electron chi connectivity index (χ1n) is 8.80. The molecule has 28 heavy (non-hydrogen) atoms. The number of nitrogens with two attached hydrogens (primary N) is 1. The maximum absolute atomic E-state index is 13.1. The topological polar surface area (TPSA) is 93.7 Å². The number of rotatable bonds is 4. The monoisotopic (exact) mass is 373 g/mol. The zero-order chi connectivity index (χ0) is 19.7. The van der Waals surface area contributed by atoms with Crippen LogP contribution in [0.15, 0.2) is 65.8 Å². The summed E-state index contributed by atoms with van der Waals surface area (Å²) in [5, 5.41) is 5.84. The Labute approximate surface area is 162 Å². The number of anilines is 2. The van der Waals surface area contributed by atoms with Crippen LogP contribution in [0, 0.1) is 0 Å². The SMILES string of the molecule is COc1ccc(-c2cc(C3C(=O)N(c4ccccc4)N=C3C)nc(N)n2)cc1. The lowest BCUT2D eigenvalue weighted by Crippen LogP contribution is -2.26. The van der Waals surface area contributed by atoms with Crippen molar-refractivity contribution >= 4 is 23.3 Å². The fourth-order valence-corrected chi connectivity index (χ4v) is 3.20. The number of nitrogen functional groups attached to an aromatic ring is 1. The van der Waals surface area contributed by atoms with Crippen LogP contribution in [0.3, 0.4) is 0 Å². The molecule has 1 aliphatic heterocycles. The standard InChI is InChI=1S/C21H19N5O2/c1-13-19(20(27)26(25-13)15-6-4-3-5-7-15)18-12-17(23-21(22)24-18)14-8-10-16(28-2)11-9-14/h3-12,19H,1-2H3,(H2,22,23,24). The summed E-state index contributed by atoms with van der Waals surface area (Å²) in [6, 6.07) is 18.6. The summed E-state index contributed by atoms with van der Waals surface area (Å²) < 4.78 is 5.19. The van der Waals surface area contributed by atoms with E-state index in [1.165, 1.54) is 5.01 Å². The molecule has 7 heteroatoms. The van der Waals surface area contributed by atoms with Gasteiger partial charge in [-0.05, 0) is 49.4 Å². The largest absolute Gasteiger partial charge is 0.497 e. The number of aromatic nitrogens is 2. The number of carbonyl (C=O) groups excluding carboxylic acids is 1. The van der Waals surface area contributed by atoms with Crippen LogP contribution in [-0.4, -0.2) is 28.7 Å². The summed E-state index contributed by atoms with van der Waals surface area (Å²) in [5.74, 6) is 0.102. The number of benzene rings is 2. The van der Waals surface area contributed by atoms with E-state index in [9.17, 15) is 4.79 Å². The molecule has 7 nitrogen and oxygen atoms in total. The number of para-hydroxylation sites is 1. The molecule has 1 amide bonds. The van der Waals surface area contributed by atoms with E-state index in [2.05, 4.69) is 15.1 Å². The Hall–Kier alpha value is -3.74. The van der Waals surface area contributed by atoms with Gasteiger partial charge >= 0.3 is 0 Å². The molecule has 140 valence electrons. The van der Waals surface area contributed by atoms with Crippen LogP contribution in [-0.2, 0) is 4.79 Å². The first-order valence-corrected chi connectivity index (χ1v) is 8.80. The second-order valence-electron chi connectivity index (χ2n) is 6.42. The predicted molar refractivity (Wildman–Crippen MR) is 108 cm³/mol. The molecule has 1 unspecified atom stereocenters. The van der Waals surface area contributed by atoms with E-state index in [0.717, 1.165) is 11.3 Å². The highest BCUT2D eigenvalue weighted by Crippen LogP contribution is 2.31. The van der Waals surface area contributed by atoms with Crippen LogP contribution in [0.5, 0.6) is 5.75 Å². The van der Waals surface area contributed by atoms with Crippen molar-refractivity contribution in [2.24, 2.45) is 5.10 Å². The smallest absolute Gasteiger partial charge is 0.262 e. The second-order valence-corrected chi connectivity index (χ2v) is 6.42. The number of hydrogen-bond donors (Lipinski definition) is 1. The van der Waals surface area contributed by atoms with Crippen molar-refractivity contribution in [1.82, 2.24) is 9.97 Å². The zero-order valence-corrected chi connectivity index (χ0v) is 15.5. The fourth-order valence-electron chi connectivity index (χ4n) is 3.20. The minimum Gasteiger partial charge on any atom is -0.497 e. The first kappa shape index (κ1) is 17.7. The van der Waals surface area contributed by atoms with E-state index in [1.807, 2.05) is 61.5 Å². The molecule has 0 aliphatic carbocycles. The molecular formula is C21H19N5O2. The van der Waals surface area contributed by atoms with Gasteiger partial charge in [0.15, 0.2) is 0 Å². The van der Waals surface area contributed by atoms with Gasteiger partial charge in [0.05, 0.1) is 29.9 Å². The molecular weight excluding hydrogens is 354 g/mol. The number of ether oxygens (including phenoxy) is 1. The Balaban J connectivity index is 1.70. The molecule has 0 spiro atoms. The predicted octanol–water partition coefficient (Wildman–Crippen LogP) is 3.24. The molecule has 1 aromatic heterocycles. The third-order valence-electron chi connectivity index (χ3n) is 4.58. The van der Waals surface area contributed by atoms with Crippen molar-refractivity contribution in [1.29, 1.82) is 0 Å². The molecule has 2 N–H and O–H groups in total. The maximum atomic E-state index is 13.1. The zero-order valence-electron chi connectivity index (χ0n) is 15.5. The molecule has 0 fully saturated rings. The Morgan fingerprint density at radius 2 is 1.75 bits per heavy atom. The number of hydrazone groups is 1. The maximum Gasteiger partial charge on any atom is 0.262 e. The number of hydrogen-bond acceptors (Lipinski definition) is 6. The van der Waals surface area contributed by atoms with Crippen molar-refractivity contribution in [3.05, 3.63) is 66.4 Å². The fraction of sp³-hybridized carbons (Fsp3) is 0.143. The van der Waals surface area contributed by atoms with E-state index >= 15 is 0 Å². The van der Waals surface area contributed by atoms with Gasteiger partial charge in [0.25, 0.3) is 5.91 Å². The van der Waals surface area contributed by atoms with E-state index < -0.39 is 5.92 Å². The normalized spacial score (nSPS) is 16.2. The van der Waals surface area contributed by atoms with Gasteiger partial charge in [-0.3, -0.25) is 4.79 Å². The lowest BCUT2D eigenvalue weighted by molar-refractivity contribution is -0.118. The van der Waals surface area contributed by atoms with Crippen molar-refractivity contribution in [3.63, 3.8) is 0 Å². The highest BCUT2D eigenvalue weighted by atomic mass is 16.5. The first-order chi connectivity index (χ1) is 13.6. The Morgan fingerprint density at radius 1 is 1.04 bits per heavy atom. The van der Waals surface area contributed by atoms with Crippen LogP contribution in [0.1, 0.15) is 18.5 Å². The Kier molecular flexibility index (Phi) is 4.49. The quantitative estimate of drug-likeness (QED) is 0.758. The molecule has 1 atom stereocenters. The summed E-state index contributed by atoms with van der Waals surface area (Å²) in [5.41, 5.74) is 9.35. The minimum atomic E-state index is -0.595. The molecule has 0 saturated heterocycles. The van der Waals surface area contributed by atoms with Crippen molar-refractivity contribution in [3.8, 4) is 17.0 Å². The van der Waals surface area contributed by atoms with E-state index in [1.54, 1.807) is 13.2 Å². The van der Waals surface area contributed by atoms with Gasteiger partial charge in [0.1, 0.15) is 11.7 Å². The van der Waals surface area contributed by atoms with Crippen LogP contribution >= 0.6 is 0 Å². The van der Waals surface area contributed by atoms with E-state index in [4.69, 9.17) is 10.5 Å². The van der Waals surface area contributed by atoms with Gasteiger partial charge in [-0.2, -0.15) is 10.1 Å². The van der Waals surface area contributed by atoms with Gasteiger partial charge in [0.2, 0.25) is 5.95 Å². The summed E-state index contributed by atoms with van der Waals surface area (Å²) in [4.78, 5) is 21.7. The molecule has 4 rings (SSSR count). The van der Waals surface area contributed by atoms with Crippen LogP contribution in [0.25, 0.3) is 11.3 Å². The van der Waals surface area contributed by atoms with Crippen molar-refractivity contribution < 1.29 is 9.53 Å². The number of amides is 1. The van der Waals surface area contributed by atoms with Crippen LogP contribution in [0.4, 0.5) is 11.6 Å². The highest BCUT2D eigenvalue weighted by Gasteiger charge is 2.37. The van der Waals surface area contributed by atoms with Gasteiger partial charge < -0.3 is 10.5 Å². The Morgan fingerprint density at radius 3 is 2.43 bits per heavy atom. The lowest BCUT2D eigenvalue weighted by Gasteiger charge is -2.15. The third-order valence-corrected chi connectivity index (χ3v) is 4.58. The summed E-state index contributed by atoms with van der Waals surface area (Å²) in [7, 11) is 1.61. The van der Waals surface area contributed by atoms with Gasteiger partial charge in [-0.15, -0.1) is 0 Å². The molecule has 0 saturated carbocycles. The number of methoxy groups -OCH3 is 1. The third kappa shape index (κ3) is 3.18. The van der Waals surface area contributed by atoms with Gasteiger partial charge in [-0.25, -0.2) is 9.97 Å². The van der Waals surface area contributed by atoms with Gasteiger partial charge in [0, 0.05) is 5.56 Å². The molecule has 2 aromatic carbocycles. The second kappa shape index (κ2) is 7.11. The van der Waals surface area contributed by atoms with Crippen molar-refractivity contribution in [2.45, 2.75) is 12.8 Å². The summed E-state index contributed by atoms with van der Waals surface area (Å²) >= 11 is 0. The Bertz CT molecular complexity index is 1050. The average molecular weight is 373 g/mol. The molecule has 2 heterocycles. The van der Waals surface area contributed by atoms with Crippen LogP contribution in [0.2, 0.25) is 0 Å². The summed E-state index contributed by atoms with van der Waals surface area (Å²) in [6.45, 7) is 1.82. The molecule has 0 bridgehead atoms. The van der Waals surface area contributed by atoms with Gasteiger partial charge in [-0.1, -0.05) is 18.2 Å². The number of nitrogens with zero attached hydrogens (tertiary/aromatic N) is 4. The van der Waals surface area contributed by atoms with E-state index in [0.29, 0.717) is 22.8 Å². The highest BCUT2D eigenvalue weighted by molar-refractivity contribution is 6.18.